The lowest BCUT2D eigenvalue weighted by atomic mass is 10.2. The molecule has 0 N–H and O–H groups in total. The Bertz CT molecular complexity index is 420. The number of morpholine rings is 1. The number of ether oxygens (including phenoxy) is 3. The van der Waals surface area contributed by atoms with Gasteiger partial charge in [0.25, 0.3) is 0 Å². The minimum Gasteiger partial charge on any atom is -0.488 e. The molecule has 0 amide bonds. The highest BCUT2D eigenvalue weighted by Gasteiger charge is 2.21. The summed E-state index contributed by atoms with van der Waals surface area (Å²) in [6, 6.07) is 6.39. The molecule has 0 bridgehead atoms. The van der Waals surface area contributed by atoms with Crippen LogP contribution in [0.3, 0.4) is 0 Å². The second-order valence-corrected chi connectivity index (χ2v) is 5.41. The fourth-order valence-electron chi connectivity index (χ4n) is 2.54. The lowest BCUT2D eigenvalue weighted by molar-refractivity contribution is -0.0734. The summed E-state index contributed by atoms with van der Waals surface area (Å²) in [5.74, 6) is -0.0641. The summed E-state index contributed by atoms with van der Waals surface area (Å²) in [5, 5.41) is 0. The molecule has 1 aromatic rings. The molecule has 5 heteroatoms. The van der Waals surface area contributed by atoms with Gasteiger partial charge in [0.1, 0.15) is 6.61 Å². The first kappa shape index (κ1) is 16.2. The molecule has 2 rings (SSSR count). The molecule has 118 valence electrons. The van der Waals surface area contributed by atoms with Crippen molar-refractivity contribution in [2.24, 2.45) is 0 Å². The average molecular weight is 297 g/mol. The Morgan fingerprint density at radius 3 is 2.57 bits per heavy atom. The van der Waals surface area contributed by atoms with Gasteiger partial charge in [-0.2, -0.15) is 0 Å². The van der Waals surface area contributed by atoms with E-state index in [0.717, 1.165) is 19.6 Å². The summed E-state index contributed by atoms with van der Waals surface area (Å²) in [4.78, 5) is 2.34. The van der Waals surface area contributed by atoms with Crippen LogP contribution in [0.25, 0.3) is 0 Å². The summed E-state index contributed by atoms with van der Waals surface area (Å²) >= 11 is 0. The summed E-state index contributed by atoms with van der Waals surface area (Å²) in [6.45, 7) is 8.43. The minimum atomic E-state index is -0.339. The van der Waals surface area contributed by atoms with Crippen molar-refractivity contribution >= 4 is 0 Å². The molecule has 1 aliphatic rings. The van der Waals surface area contributed by atoms with Crippen LogP contribution in [0.1, 0.15) is 13.8 Å². The first-order chi connectivity index (χ1) is 10.1. The van der Waals surface area contributed by atoms with Crippen molar-refractivity contribution in [1.29, 1.82) is 0 Å². The predicted octanol–water partition coefficient (Wildman–Crippen LogP) is 2.33. The smallest absolute Gasteiger partial charge is 0.165 e. The van der Waals surface area contributed by atoms with E-state index in [4.69, 9.17) is 14.2 Å². The normalized spacial score (nSPS) is 23.2. The minimum absolute atomic E-state index is 0.275. The van der Waals surface area contributed by atoms with E-state index in [-0.39, 0.29) is 23.8 Å². The maximum atomic E-state index is 13.3. The molecule has 4 nitrogen and oxygen atoms in total. The SMILES string of the molecule is C[C@H]1CN(CCOCCOc2ccccc2F)C[C@H](C)O1. The molecule has 2 atom stereocenters. The number of halogens is 1. The van der Waals surface area contributed by atoms with Crippen LogP contribution in [0, 0.1) is 5.82 Å². The van der Waals surface area contributed by atoms with Crippen LogP contribution in [0.5, 0.6) is 5.75 Å². The van der Waals surface area contributed by atoms with Gasteiger partial charge in [0.15, 0.2) is 11.6 Å². The molecule has 0 aliphatic carbocycles. The zero-order valence-electron chi connectivity index (χ0n) is 12.8. The Hall–Kier alpha value is -1.17. The molecular weight excluding hydrogens is 273 g/mol. The largest absolute Gasteiger partial charge is 0.488 e. The van der Waals surface area contributed by atoms with E-state index in [9.17, 15) is 4.39 Å². The van der Waals surface area contributed by atoms with Gasteiger partial charge in [-0.25, -0.2) is 4.39 Å². The summed E-state index contributed by atoms with van der Waals surface area (Å²) in [6.07, 6.45) is 0.552. The predicted molar refractivity (Wildman–Crippen MR) is 79.2 cm³/mol. The van der Waals surface area contributed by atoms with Gasteiger partial charge in [-0.3, -0.25) is 4.90 Å². The second-order valence-electron chi connectivity index (χ2n) is 5.41. The van der Waals surface area contributed by atoms with Crippen molar-refractivity contribution in [2.45, 2.75) is 26.1 Å². The van der Waals surface area contributed by atoms with Crippen LogP contribution in [0.2, 0.25) is 0 Å². The van der Waals surface area contributed by atoms with Crippen molar-refractivity contribution in [3.05, 3.63) is 30.1 Å². The van der Waals surface area contributed by atoms with Crippen molar-refractivity contribution in [3.8, 4) is 5.75 Å². The van der Waals surface area contributed by atoms with Gasteiger partial charge < -0.3 is 14.2 Å². The van der Waals surface area contributed by atoms with Crippen LogP contribution in [-0.2, 0) is 9.47 Å². The average Bonchev–Trinajstić information content (AvgIpc) is 2.43. The van der Waals surface area contributed by atoms with E-state index in [1.165, 1.54) is 6.07 Å². The third-order valence-electron chi connectivity index (χ3n) is 3.37. The summed E-state index contributed by atoms with van der Waals surface area (Å²) < 4.78 is 29.8. The van der Waals surface area contributed by atoms with E-state index < -0.39 is 0 Å². The number of rotatable bonds is 7. The summed E-state index contributed by atoms with van der Waals surface area (Å²) in [5.41, 5.74) is 0. The Morgan fingerprint density at radius 2 is 1.86 bits per heavy atom. The number of hydrogen-bond donors (Lipinski definition) is 0. The molecule has 0 aromatic heterocycles. The second kappa shape index (κ2) is 8.32. The number of nitrogens with zero attached hydrogens (tertiary/aromatic N) is 1. The van der Waals surface area contributed by atoms with E-state index in [1.807, 2.05) is 0 Å². The topological polar surface area (TPSA) is 30.9 Å². The van der Waals surface area contributed by atoms with E-state index in [2.05, 4.69) is 18.7 Å². The molecule has 1 fully saturated rings. The maximum absolute atomic E-state index is 13.3. The molecule has 1 aromatic carbocycles. The Morgan fingerprint density at radius 1 is 1.14 bits per heavy atom. The molecule has 0 saturated carbocycles. The zero-order valence-corrected chi connectivity index (χ0v) is 12.8. The van der Waals surface area contributed by atoms with Crippen LogP contribution in [-0.4, -0.2) is 56.6 Å². The highest BCUT2D eigenvalue weighted by atomic mass is 19.1. The van der Waals surface area contributed by atoms with E-state index in [0.29, 0.717) is 19.8 Å². The Labute approximate surface area is 125 Å². The maximum Gasteiger partial charge on any atom is 0.165 e. The lowest BCUT2D eigenvalue weighted by Gasteiger charge is -2.35. The molecule has 0 spiro atoms. The van der Waals surface area contributed by atoms with E-state index >= 15 is 0 Å². The van der Waals surface area contributed by atoms with Gasteiger partial charge >= 0.3 is 0 Å². The third-order valence-corrected chi connectivity index (χ3v) is 3.37. The van der Waals surface area contributed by atoms with Gasteiger partial charge in [0.2, 0.25) is 0 Å². The first-order valence-electron chi connectivity index (χ1n) is 7.48. The van der Waals surface area contributed by atoms with Crippen LogP contribution < -0.4 is 4.74 Å². The molecular formula is C16H24FNO3. The molecule has 0 unspecified atom stereocenters. The van der Waals surface area contributed by atoms with Crippen LogP contribution in [0.15, 0.2) is 24.3 Å². The Kier molecular flexibility index (Phi) is 6.42. The van der Waals surface area contributed by atoms with Crippen LogP contribution >= 0.6 is 0 Å². The first-order valence-corrected chi connectivity index (χ1v) is 7.48. The zero-order chi connectivity index (χ0) is 15.1. The highest BCUT2D eigenvalue weighted by molar-refractivity contribution is 5.23. The van der Waals surface area contributed by atoms with Gasteiger partial charge in [-0.05, 0) is 26.0 Å². The van der Waals surface area contributed by atoms with Crippen molar-refractivity contribution in [3.63, 3.8) is 0 Å². The highest BCUT2D eigenvalue weighted by Crippen LogP contribution is 2.15. The summed E-state index contributed by atoms with van der Waals surface area (Å²) in [7, 11) is 0. The standard InChI is InChI=1S/C16H24FNO3/c1-13-11-18(12-14(2)21-13)7-8-19-9-10-20-16-6-4-3-5-15(16)17/h3-6,13-14H,7-12H2,1-2H3/t13-,14-/m0/s1. The van der Waals surface area contributed by atoms with Gasteiger partial charge in [0, 0.05) is 19.6 Å². The van der Waals surface area contributed by atoms with Gasteiger partial charge in [0.05, 0.1) is 25.4 Å². The lowest BCUT2D eigenvalue weighted by Crippen LogP contribution is -2.46. The number of para-hydroxylation sites is 1. The van der Waals surface area contributed by atoms with E-state index in [1.54, 1.807) is 18.2 Å². The monoisotopic (exact) mass is 297 g/mol. The quantitative estimate of drug-likeness (QED) is 0.723. The Balaban J connectivity index is 1.55. The fraction of sp³-hybridized carbons (Fsp3) is 0.625. The van der Waals surface area contributed by atoms with Gasteiger partial charge in [-0.15, -0.1) is 0 Å². The molecule has 21 heavy (non-hydrogen) atoms. The van der Waals surface area contributed by atoms with Crippen LogP contribution in [0.4, 0.5) is 4.39 Å². The molecule has 1 saturated heterocycles. The van der Waals surface area contributed by atoms with Crippen molar-refractivity contribution < 1.29 is 18.6 Å². The fourth-order valence-corrected chi connectivity index (χ4v) is 2.54. The molecule has 0 radical (unpaired) electrons. The number of hydrogen-bond acceptors (Lipinski definition) is 4. The van der Waals surface area contributed by atoms with Crippen molar-refractivity contribution in [2.75, 3.05) is 39.5 Å². The van der Waals surface area contributed by atoms with Crippen molar-refractivity contribution in [1.82, 2.24) is 4.90 Å². The molecule has 1 heterocycles. The molecule has 1 aliphatic heterocycles. The van der Waals surface area contributed by atoms with Gasteiger partial charge in [-0.1, -0.05) is 12.1 Å². The number of benzene rings is 1. The third kappa shape index (κ3) is 5.61.